The third kappa shape index (κ3) is 10.5. The van der Waals surface area contributed by atoms with Gasteiger partial charge in [0, 0.05) is 33.3 Å². The van der Waals surface area contributed by atoms with Gasteiger partial charge in [0.2, 0.25) is 0 Å². The molecule has 0 aromatic heterocycles. The van der Waals surface area contributed by atoms with E-state index in [4.69, 9.17) is 51.8 Å². The van der Waals surface area contributed by atoms with Crippen molar-refractivity contribution in [3.63, 3.8) is 0 Å². The molecular weight excluding hydrogens is 700 g/mol. The molecule has 0 spiro atoms. The molecule has 3 heterocycles. The molecular formula is C36H52O15Si. The largest absolute Gasteiger partial charge is 0.463 e. The first kappa shape index (κ1) is 41.5. The molecule has 52 heavy (non-hydrogen) atoms. The number of carbonyl (C=O) groups excluding carboxylic acids is 4. The van der Waals surface area contributed by atoms with Gasteiger partial charge in [0.25, 0.3) is 0 Å². The van der Waals surface area contributed by atoms with Gasteiger partial charge in [-0.2, -0.15) is 0 Å². The predicted octanol–water partition coefficient (Wildman–Crippen LogP) is 3.89. The van der Waals surface area contributed by atoms with Gasteiger partial charge in [-0.3, -0.25) is 19.2 Å². The summed E-state index contributed by atoms with van der Waals surface area (Å²) in [5, 5.41) is -0.263. The molecule has 3 aliphatic heterocycles. The number of rotatable bonds is 13. The fourth-order valence-electron chi connectivity index (χ4n) is 5.87. The molecule has 0 radical (unpaired) electrons. The van der Waals surface area contributed by atoms with E-state index in [0.29, 0.717) is 0 Å². The second-order valence-electron chi connectivity index (χ2n) is 14.4. The zero-order chi connectivity index (χ0) is 38.4. The van der Waals surface area contributed by atoms with Crippen molar-refractivity contribution < 1.29 is 71.0 Å². The van der Waals surface area contributed by atoms with Gasteiger partial charge in [0.15, 0.2) is 45.5 Å². The fourth-order valence-corrected chi connectivity index (χ4v) is 7.17. The Morgan fingerprint density at radius 3 is 2.00 bits per heavy atom. The van der Waals surface area contributed by atoms with Gasteiger partial charge < -0.3 is 51.8 Å². The lowest BCUT2D eigenvalue weighted by atomic mass is 9.96. The molecule has 11 atom stereocenters. The van der Waals surface area contributed by atoms with Crippen LogP contribution in [0.4, 0.5) is 0 Å². The normalized spacial score (nSPS) is 32.1. The van der Waals surface area contributed by atoms with Crippen LogP contribution >= 0.6 is 0 Å². The summed E-state index contributed by atoms with van der Waals surface area (Å²) in [4.78, 5) is 49.2. The number of carbonyl (C=O) groups is 4. The molecule has 3 aliphatic rings. The van der Waals surface area contributed by atoms with Gasteiger partial charge in [-0.1, -0.05) is 57.2 Å². The number of hydrogen-bond acceptors (Lipinski definition) is 15. The van der Waals surface area contributed by atoms with E-state index in [1.807, 2.05) is 30.3 Å². The zero-order valence-electron chi connectivity index (χ0n) is 31.3. The third-order valence-corrected chi connectivity index (χ3v) is 13.7. The van der Waals surface area contributed by atoms with Gasteiger partial charge in [0.05, 0.1) is 13.2 Å². The molecule has 0 N–H and O–H groups in total. The summed E-state index contributed by atoms with van der Waals surface area (Å²) in [5.41, 5.74) is 0.786. The summed E-state index contributed by atoms with van der Waals surface area (Å²) < 4.78 is 67.6. The Balaban J connectivity index is 1.82. The lowest BCUT2D eigenvalue weighted by Gasteiger charge is -2.53. The Bertz CT molecular complexity index is 1400. The van der Waals surface area contributed by atoms with Crippen LogP contribution in [0.25, 0.3) is 0 Å². The van der Waals surface area contributed by atoms with Crippen LogP contribution in [0.1, 0.15) is 60.3 Å². The minimum atomic E-state index is -2.63. The zero-order valence-corrected chi connectivity index (χ0v) is 32.3. The summed E-state index contributed by atoms with van der Waals surface area (Å²) >= 11 is 0. The molecule has 1 aromatic carbocycles. The maximum Gasteiger partial charge on any atom is 0.303 e. The van der Waals surface area contributed by atoms with E-state index >= 15 is 0 Å². The van der Waals surface area contributed by atoms with E-state index in [9.17, 15) is 19.2 Å². The van der Waals surface area contributed by atoms with Gasteiger partial charge in [0.1, 0.15) is 37.1 Å². The van der Waals surface area contributed by atoms with Gasteiger partial charge in [-0.15, -0.1) is 6.58 Å². The van der Waals surface area contributed by atoms with E-state index in [1.165, 1.54) is 6.92 Å². The minimum absolute atomic E-state index is 0.0572. The maximum atomic E-state index is 12.6. The first-order chi connectivity index (χ1) is 24.4. The van der Waals surface area contributed by atoms with Crippen LogP contribution in [0, 0.1) is 0 Å². The first-order valence-electron chi connectivity index (χ1n) is 17.3. The number of benzene rings is 1. The molecule has 0 aliphatic carbocycles. The lowest BCUT2D eigenvalue weighted by Crippen LogP contribution is -2.69. The van der Waals surface area contributed by atoms with Crippen LogP contribution in [0.2, 0.25) is 18.1 Å². The van der Waals surface area contributed by atoms with Crippen LogP contribution in [0.3, 0.4) is 0 Å². The van der Waals surface area contributed by atoms with Crippen molar-refractivity contribution in [2.75, 3.05) is 19.8 Å². The monoisotopic (exact) mass is 752 g/mol. The standard InChI is InChI=1S/C36H52O15Si/c1-11-17-41-34-32(30(51-52(9,10)36(6,7)8)28-26(47-34)19-43-33(49-28)24-15-13-12-14-16-24)50-35-31(46-23(5)40)29(45-22(4)39)27(44-21(3)38)25(48-35)18-42-20(2)37/h11-16,25-35H,1,17-19H2,2-10H3/t25-,26-,27+,28-,29+,30+,31-,32-,33?,34+,35+/m1/s1. The van der Waals surface area contributed by atoms with Crippen molar-refractivity contribution in [1.29, 1.82) is 0 Å². The molecule has 0 saturated carbocycles. The van der Waals surface area contributed by atoms with Gasteiger partial charge >= 0.3 is 23.9 Å². The average Bonchev–Trinajstić information content (AvgIpc) is 3.05. The second kappa shape index (κ2) is 17.7. The highest BCUT2D eigenvalue weighted by Crippen LogP contribution is 2.44. The van der Waals surface area contributed by atoms with Crippen molar-refractivity contribution in [3.8, 4) is 0 Å². The van der Waals surface area contributed by atoms with E-state index in [0.717, 1.165) is 26.3 Å². The smallest absolute Gasteiger partial charge is 0.303 e. The molecule has 1 unspecified atom stereocenters. The van der Waals surface area contributed by atoms with Crippen LogP contribution in [-0.2, 0) is 71.0 Å². The van der Waals surface area contributed by atoms with Crippen LogP contribution in [0.5, 0.6) is 0 Å². The van der Waals surface area contributed by atoms with Crippen molar-refractivity contribution in [2.24, 2.45) is 0 Å². The van der Waals surface area contributed by atoms with E-state index in [2.05, 4.69) is 40.4 Å². The van der Waals surface area contributed by atoms with E-state index < -0.39 is 107 Å². The number of hydrogen-bond donors (Lipinski definition) is 0. The van der Waals surface area contributed by atoms with Crippen molar-refractivity contribution >= 4 is 32.2 Å². The summed E-state index contributed by atoms with van der Waals surface area (Å²) in [5.74, 6) is -2.95. The van der Waals surface area contributed by atoms with Gasteiger partial charge in [-0.25, -0.2) is 0 Å². The Kier molecular flexibility index (Phi) is 14.2. The molecule has 1 aromatic rings. The molecule has 15 nitrogen and oxygen atoms in total. The Morgan fingerprint density at radius 2 is 1.42 bits per heavy atom. The molecule has 3 fully saturated rings. The predicted molar refractivity (Wildman–Crippen MR) is 184 cm³/mol. The lowest BCUT2D eigenvalue weighted by molar-refractivity contribution is -0.390. The molecule has 16 heteroatoms. The van der Waals surface area contributed by atoms with Crippen LogP contribution < -0.4 is 0 Å². The quantitative estimate of drug-likeness (QED) is 0.123. The molecule has 4 rings (SSSR count). The molecule has 0 bridgehead atoms. The summed E-state index contributed by atoms with van der Waals surface area (Å²) in [6.45, 7) is 18.6. The summed E-state index contributed by atoms with van der Waals surface area (Å²) in [7, 11) is -2.63. The minimum Gasteiger partial charge on any atom is -0.463 e. The van der Waals surface area contributed by atoms with Crippen molar-refractivity contribution in [3.05, 3.63) is 48.6 Å². The Labute approximate surface area is 305 Å². The van der Waals surface area contributed by atoms with E-state index in [-0.39, 0.29) is 18.3 Å². The summed E-state index contributed by atoms with van der Waals surface area (Å²) in [6.07, 6.45) is -10.8. The average molecular weight is 753 g/mol. The highest BCUT2D eigenvalue weighted by molar-refractivity contribution is 6.74. The summed E-state index contributed by atoms with van der Waals surface area (Å²) in [6, 6.07) is 9.43. The van der Waals surface area contributed by atoms with E-state index in [1.54, 1.807) is 6.08 Å². The molecule has 0 amide bonds. The highest BCUT2D eigenvalue weighted by Gasteiger charge is 2.58. The Morgan fingerprint density at radius 1 is 0.808 bits per heavy atom. The van der Waals surface area contributed by atoms with Crippen molar-refractivity contribution in [2.45, 2.75) is 134 Å². The maximum absolute atomic E-state index is 12.6. The van der Waals surface area contributed by atoms with Crippen LogP contribution in [-0.4, -0.2) is 113 Å². The highest BCUT2D eigenvalue weighted by atomic mass is 28.4. The van der Waals surface area contributed by atoms with Gasteiger partial charge in [-0.05, 0) is 18.1 Å². The number of esters is 4. The fraction of sp³-hybridized carbons (Fsp3) is 0.667. The van der Waals surface area contributed by atoms with Crippen LogP contribution in [0.15, 0.2) is 43.0 Å². The number of ether oxygens (including phenoxy) is 10. The topological polar surface area (TPSA) is 170 Å². The molecule has 290 valence electrons. The first-order valence-corrected chi connectivity index (χ1v) is 20.2. The van der Waals surface area contributed by atoms with Crippen molar-refractivity contribution in [1.82, 2.24) is 0 Å². The third-order valence-electron chi connectivity index (χ3n) is 9.21. The Hall–Kier alpha value is -3.22. The second-order valence-corrected chi connectivity index (χ2v) is 19.1. The molecule has 3 saturated heterocycles. The number of fused-ring (bicyclic) bond motifs is 1. The SMILES string of the molecule is C=CCO[C@H]1O[C@@H]2COC(c3ccccc3)O[C@H]2[C@H](O[Si](C)(C)C(C)(C)C)[C@H]1O[C@@H]1O[C@H](COC(C)=O)[C@H](OC(C)=O)[C@H](OC(C)=O)[C@H]1OC(C)=O.